The molecule has 2 heterocycles. The fraction of sp³-hybridized carbons (Fsp3) is 0.480. The Labute approximate surface area is 215 Å². The van der Waals surface area contributed by atoms with Crippen molar-refractivity contribution in [1.29, 1.82) is 0 Å². The van der Waals surface area contributed by atoms with Crippen LogP contribution < -0.4 is 11.1 Å². The highest BCUT2D eigenvalue weighted by atomic mass is 32.2. The van der Waals surface area contributed by atoms with Crippen LogP contribution in [0.3, 0.4) is 0 Å². The highest BCUT2D eigenvalue weighted by Gasteiger charge is 2.46. The standard InChI is InChI=1S/C25H33N3O6S2/c1-25(2,24(31)28-10-12-34-13-11-28)36(32,33)17-19(15-18-7-4-3-5-8-18)23(30)27-21(22(26)29)16-20-9-6-14-35-20/h3-9,14,19,21H,10-13,15-17H2,1-2H3,(H2,26,29)(H,27,30)/t19-,21?/m1/s1. The number of nitrogens with one attached hydrogen (secondary N) is 1. The molecule has 196 valence electrons. The van der Waals surface area contributed by atoms with Crippen LogP contribution in [0, 0.1) is 5.92 Å². The molecule has 0 saturated carbocycles. The maximum Gasteiger partial charge on any atom is 0.243 e. The lowest BCUT2D eigenvalue weighted by molar-refractivity contribution is -0.137. The van der Waals surface area contributed by atoms with Gasteiger partial charge in [0.1, 0.15) is 10.8 Å². The number of amides is 3. The third-order valence-corrected chi connectivity index (χ3v) is 9.82. The number of benzene rings is 1. The molecule has 1 aliphatic heterocycles. The Kier molecular flexibility index (Phi) is 9.26. The van der Waals surface area contributed by atoms with Crippen LogP contribution in [-0.4, -0.2) is 73.9 Å². The molecular weight excluding hydrogens is 502 g/mol. The summed E-state index contributed by atoms with van der Waals surface area (Å²) in [6.07, 6.45) is 0.336. The molecule has 1 aromatic heterocycles. The van der Waals surface area contributed by atoms with Crippen LogP contribution in [0.1, 0.15) is 24.3 Å². The maximum atomic E-state index is 13.6. The van der Waals surface area contributed by atoms with Crippen LogP contribution in [0.4, 0.5) is 0 Å². The van der Waals surface area contributed by atoms with Gasteiger partial charge in [0.05, 0.1) is 24.9 Å². The maximum absolute atomic E-state index is 13.6. The van der Waals surface area contributed by atoms with Gasteiger partial charge in [0.2, 0.25) is 17.7 Å². The van der Waals surface area contributed by atoms with Crippen molar-refractivity contribution in [3.8, 4) is 0 Å². The zero-order chi connectivity index (χ0) is 26.3. The summed E-state index contributed by atoms with van der Waals surface area (Å²) in [7, 11) is -4.09. The van der Waals surface area contributed by atoms with Gasteiger partial charge in [0.25, 0.3) is 0 Å². The van der Waals surface area contributed by atoms with Crippen molar-refractivity contribution < 1.29 is 27.5 Å². The topological polar surface area (TPSA) is 136 Å². The number of nitrogens with zero attached hydrogens (tertiary/aromatic N) is 1. The number of ether oxygens (including phenoxy) is 1. The van der Waals surface area contributed by atoms with E-state index in [4.69, 9.17) is 10.5 Å². The van der Waals surface area contributed by atoms with E-state index in [1.165, 1.54) is 30.1 Å². The second-order valence-electron chi connectivity index (χ2n) is 9.33. The molecule has 36 heavy (non-hydrogen) atoms. The number of hydrogen-bond acceptors (Lipinski definition) is 7. The number of rotatable bonds is 11. The molecule has 1 saturated heterocycles. The fourth-order valence-electron chi connectivity index (χ4n) is 4.02. The Morgan fingerprint density at radius 1 is 1.08 bits per heavy atom. The van der Waals surface area contributed by atoms with E-state index < -0.39 is 50.0 Å². The van der Waals surface area contributed by atoms with Crippen molar-refractivity contribution in [2.75, 3.05) is 32.1 Å². The van der Waals surface area contributed by atoms with Gasteiger partial charge < -0.3 is 20.7 Å². The first kappa shape index (κ1) is 27.8. The zero-order valence-electron chi connectivity index (χ0n) is 20.5. The highest BCUT2D eigenvalue weighted by molar-refractivity contribution is 7.93. The predicted octanol–water partition coefficient (Wildman–Crippen LogP) is 1.17. The minimum atomic E-state index is -4.09. The summed E-state index contributed by atoms with van der Waals surface area (Å²) in [4.78, 5) is 41.0. The summed E-state index contributed by atoms with van der Waals surface area (Å²) < 4.78 is 30.7. The van der Waals surface area contributed by atoms with Crippen molar-refractivity contribution >= 4 is 38.9 Å². The molecule has 2 aromatic rings. The average Bonchev–Trinajstić information content (AvgIpc) is 3.36. The lowest BCUT2D eigenvalue weighted by Gasteiger charge is -2.34. The Morgan fingerprint density at radius 3 is 2.33 bits per heavy atom. The minimum absolute atomic E-state index is 0.123. The number of carbonyl (C=O) groups is 3. The number of thiophene rings is 1. The molecule has 3 N–H and O–H groups in total. The Balaban J connectivity index is 1.83. The number of morpholine rings is 1. The molecule has 3 rings (SSSR count). The quantitative estimate of drug-likeness (QED) is 0.443. The molecule has 3 amide bonds. The molecule has 1 unspecified atom stereocenters. The van der Waals surface area contributed by atoms with Crippen molar-refractivity contribution in [1.82, 2.24) is 10.2 Å². The van der Waals surface area contributed by atoms with E-state index in [1.54, 1.807) is 24.3 Å². The Morgan fingerprint density at radius 2 is 1.75 bits per heavy atom. The summed E-state index contributed by atoms with van der Waals surface area (Å²) in [5.74, 6) is -3.41. The third-order valence-electron chi connectivity index (χ3n) is 6.35. The van der Waals surface area contributed by atoms with Gasteiger partial charge in [-0.2, -0.15) is 0 Å². The Hall–Kier alpha value is -2.76. The molecule has 0 bridgehead atoms. The number of hydrogen-bond donors (Lipinski definition) is 2. The lowest BCUT2D eigenvalue weighted by Crippen LogP contribution is -2.55. The van der Waals surface area contributed by atoms with Crippen LogP contribution in [0.2, 0.25) is 0 Å². The van der Waals surface area contributed by atoms with Crippen LogP contribution >= 0.6 is 11.3 Å². The summed E-state index contributed by atoms with van der Waals surface area (Å²) in [6.45, 7) is 4.07. The number of primary amides is 1. The second-order valence-corrected chi connectivity index (χ2v) is 12.9. The van der Waals surface area contributed by atoms with Crippen molar-refractivity contribution in [3.63, 3.8) is 0 Å². The van der Waals surface area contributed by atoms with Gasteiger partial charge in [-0.1, -0.05) is 36.4 Å². The van der Waals surface area contributed by atoms with Gasteiger partial charge in [-0.15, -0.1) is 11.3 Å². The predicted molar refractivity (Wildman–Crippen MR) is 138 cm³/mol. The number of carbonyl (C=O) groups excluding carboxylic acids is 3. The summed E-state index contributed by atoms with van der Waals surface area (Å²) >= 11 is 1.43. The van der Waals surface area contributed by atoms with Crippen molar-refractivity contribution in [2.24, 2.45) is 11.7 Å². The van der Waals surface area contributed by atoms with E-state index in [0.29, 0.717) is 26.3 Å². The summed E-state index contributed by atoms with van der Waals surface area (Å²) in [5, 5.41) is 4.51. The van der Waals surface area contributed by atoms with E-state index >= 15 is 0 Å². The minimum Gasteiger partial charge on any atom is -0.378 e. The monoisotopic (exact) mass is 535 g/mol. The van der Waals surface area contributed by atoms with Gasteiger partial charge >= 0.3 is 0 Å². The molecule has 1 aromatic carbocycles. The fourth-order valence-corrected chi connectivity index (χ4v) is 6.38. The smallest absolute Gasteiger partial charge is 0.243 e. The Bertz CT molecular complexity index is 1140. The molecule has 0 radical (unpaired) electrons. The van der Waals surface area contributed by atoms with Crippen LogP contribution in [-0.2, 0) is 41.8 Å². The molecule has 2 atom stereocenters. The molecule has 0 spiro atoms. The summed E-state index contributed by atoms with van der Waals surface area (Å²) in [5.41, 5.74) is 6.31. The van der Waals surface area contributed by atoms with Gasteiger partial charge in [0.15, 0.2) is 9.84 Å². The number of sulfone groups is 1. The van der Waals surface area contributed by atoms with Crippen molar-refractivity contribution in [3.05, 3.63) is 58.3 Å². The normalized spacial score (nSPS) is 16.2. The number of nitrogens with two attached hydrogens (primary N) is 1. The molecular formula is C25H33N3O6S2. The van der Waals surface area contributed by atoms with Gasteiger partial charge in [0, 0.05) is 24.4 Å². The molecule has 1 aliphatic rings. The van der Waals surface area contributed by atoms with Crippen LogP contribution in [0.25, 0.3) is 0 Å². The molecule has 11 heteroatoms. The molecule has 0 aliphatic carbocycles. The first-order valence-electron chi connectivity index (χ1n) is 11.8. The van der Waals surface area contributed by atoms with E-state index in [2.05, 4.69) is 5.32 Å². The molecule has 9 nitrogen and oxygen atoms in total. The van der Waals surface area contributed by atoms with Crippen LogP contribution in [0.15, 0.2) is 47.8 Å². The highest BCUT2D eigenvalue weighted by Crippen LogP contribution is 2.25. The van der Waals surface area contributed by atoms with E-state index in [-0.39, 0.29) is 12.8 Å². The third kappa shape index (κ3) is 6.92. The SMILES string of the molecule is CC(C)(C(=O)N1CCOCC1)S(=O)(=O)C[C@@H](Cc1ccccc1)C(=O)NC(Cc1cccs1)C(N)=O. The molecule has 1 fully saturated rings. The lowest BCUT2D eigenvalue weighted by atomic mass is 9.99. The van der Waals surface area contributed by atoms with E-state index in [9.17, 15) is 22.8 Å². The first-order chi connectivity index (χ1) is 17.0. The van der Waals surface area contributed by atoms with E-state index in [1.807, 2.05) is 23.6 Å². The van der Waals surface area contributed by atoms with Gasteiger partial charge in [-0.25, -0.2) is 8.42 Å². The largest absolute Gasteiger partial charge is 0.378 e. The van der Waals surface area contributed by atoms with Crippen molar-refractivity contribution in [2.45, 2.75) is 37.5 Å². The second kappa shape index (κ2) is 12.0. The van der Waals surface area contributed by atoms with Crippen LogP contribution in [0.5, 0.6) is 0 Å². The van der Waals surface area contributed by atoms with Gasteiger partial charge in [-0.3, -0.25) is 14.4 Å². The van der Waals surface area contributed by atoms with Gasteiger partial charge in [-0.05, 0) is 37.3 Å². The first-order valence-corrected chi connectivity index (χ1v) is 14.3. The average molecular weight is 536 g/mol. The van der Waals surface area contributed by atoms with E-state index in [0.717, 1.165) is 10.4 Å². The summed E-state index contributed by atoms with van der Waals surface area (Å²) in [6, 6.07) is 11.7. The zero-order valence-corrected chi connectivity index (χ0v) is 22.1.